The molecule has 11 heteroatoms. The monoisotopic (exact) mass is 454 g/mol. The highest BCUT2D eigenvalue weighted by Gasteiger charge is 2.31. The first-order valence-electron chi connectivity index (χ1n) is 10.2. The van der Waals surface area contributed by atoms with Crippen LogP contribution >= 0.6 is 0 Å². The van der Waals surface area contributed by atoms with Crippen LogP contribution in [0.1, 0.15) is 47.5 Å². The molecule has 11 nitrogen and oxygen atoms in total. The molecule has 32 heavy (non-hydrogen) atoms. The van der Waals surface area contributed by atoms with Gasteiger partial charge in [0.2, 0.25) is 0 Å². The molecule has 1 heterocycles. The summed E-state index contributed by atoms with van der Waals surface area (Å²) in [6.07, 6.45) is 1.51. The summed E-state index contributed by atoms with van der Waals surface area (Å²) in [7, 11) is 1.41. The number of ether oxygens (including phenoxy) is 3. The third-order valence-corrected chi connectivity index (χ3v) is 4.19. The SMILES string of the molecule is C=C(NCCC[C@H](NC(=O)C(C)(C)OC)C(=O)COc1ccon1)NC(=O)OC(C)(C)C. The lowest BCUT2D eigenvalue weighted by Crippen LogP contribution is -2.51. The van der Waals surface area contributed by atoms with Gasteiger partial charge in [0.05, 0.1) is 6.04 Å². The van der Waals surface area contributed by atoms with Gasteiger partial charge in [0.1, 0.15) is 23.3 Å². The standard InChI is InChI=1S/C21H34N4O7/c1-14(23-19(28)32-20(2,3)4)22-11-8-9-15(24-18(27)21(5,6)29-7)16(26)13-30-17-10-12-31-25-17/h10,12,15,22H,1,8-9,11,13H2,2-7H3,(H,23,28)(H,24,27)/t15-/m0/s1. The fourth-order valence-corrected chi connectivity index (χ4v) is 2.28. The zero-order chi connectivity index (χ0) is 24.4. The van der Waals surface area contributed by atoms with Crippen molar-refractivity contribution in [1.29, 1.82) is 0 Å². The number of ketones is 1. The lowest BCUT2D eigenvalue weighted by atomic mass is 10.0. The molecule has 0 aliphatic rings. The van der Waals surface area contributed by atoms with Crippen LogP contribution in [0, 0.1) is 0 Å². The van der Waals surface area contributed by atoms with E-state index in [-0.39, 0.29) is 24.1 Å². The van der Waals surface area contributed by atoms with Crippen molar-refractivity contribution < 1.29 is 33.1 Å². The molecule has 1 aromatic rings. The minimum Gasteiger partial charge on any atom is -0.467 e. The van der Waals surface area contributed by atoms with E-state index >= 15 is 0 Å². The summed E-state index contributed by atoms with van der Waals surface area (Å²) in [5.74, 6) is -0.324. The van der Waals surface area contributed by atoms with Crippen molar-refractivity contribution in [3.05, 3.63) is 24.7 Å². The first-order chi connectivity index (χ1) is 14.8. The molecule has 1 rings (SSSR count). The van der Waals surface area contributed by atoms with Gasteiger partial charge in [-0.05, 0) is 52.6 Å². The highest BCUT2D eigenvalue weighted by atomic mass is 16.6. The molecule has 0 bridgehead atoms. The smallest absolute Gasteiger partial charge is 0.413 e. The van der Waals surface area contributed by atoms with Gasteiger partial charge in [-0.2, -0.15) is 0 Å². The van der Waals surface area contributed by atoms with Crippen molar-refractivity contribution in [2.24, 2.45) is 0 Å². The van der Waals surface area contributed by atoms with Crippen LogP contribution in [-0.2, 0) is 19.1 Å². The topological polar surface area (TPSA) is 141 Å². The summed E-state index contributed by atoms with van der Waals surface area (Å²) in [4.78, 5) is 36.9. The van der Waals surface area contributed by atoms with E-state index < -0.39 is 29.2 Å². The molecule has 2 amide bonds. The van der Waals surface area contributed by atoms with E-state index in [1.54, 1.807) is 34.6 Å². The van der Waals surface area contributed by atoms with Crippen molar-refractivity contribution in [2.45, 2.75) is 64.7 Å². The Labute approximate surface area is 188 Å². The van der Waals surface area contributed by atoms with Crippen molar-refractivity contribution in [3.8, 4) is 5.88 Å². The zero-order valence-corrected chi connectivity index (χ0v) is 19.6. The van der Waals surface area contributed by atoms with E-state index in [9.17, 15) is 14.4 Å². The van der Waals surface area contributed by atoms with Gasteiger partial charge < -0.3 is 29.4 Å². The number of nitrogens with one attached hydrogen (secondary N) is 3. The van der Waals surface area contributed by atoms with Crippen LogP contribution in [0.25, 0.3) is 0 Å². The summed E-state index contributed by atoms with van der Waals surface area (Å²) in [5.41, 5.74) is -1.73. The van der Waals surface area contributed by atoms with E-state index in [0.717, 1.165) is 0 Å². The Hall–Kier alpha value is -3.08. The lowest BCUT2D eigenvalue weighted by Gasteiger charge is -2.26. The van der Waals surface area contributed by atoms with Crippen molar-refractivity contribution in [2.75, 3.05) is 20.3 Å². The Balaban J connectivity index is 2.57. The maximum absolute atomic E-state index is 12.6. The lowest BCUT2D eigenvalue weighted by molar-refractivity contribution is -0.142. The highest BCUT2D eigenvalue weighted by Crippen LogP contribution is 2.11. The number of amides is 2. The van der Waals surface area contributed by atoms with E-state index in [2.05, 4.69) is 32.2 Å². The number of alkyl carbamates (subject to hydrolysis) is 1. The average Bonchev–Trinajstić information content (AvgIpc) is 3.20. The number of carbonyl (C=O) groups is 3. The fourth-order valence-electron chi connectivity index (χ4n) is 2.28. The number of nitrogens with zero attached hydrogens (tertiary/aromatic N) is 1. The van der Waals surface area contributed by atoms with Crippen molar-refractivity contribution in [3.63, 3.8) is 0 Å². The van der Waals surface area contributed by atoms with Crippen LogP contribution in [0.5, 0.6) is 5.88 Å². The van der Waals surface area contributed by atoms with Crippen LogP contribution in [0.3, 0.4) is 0 Å². The first-order valence-corrected chi connectivity index (χ1v) is 10.2. The van der Waals surface area contributed by atoms with Crippen LogP contribution in [0.15, 0.2) is 29.3 Å². The van der Waals surface area contributed by atoms with Gasteiger partial charge in [0.25, 0.3) is 11.8 Å². The third-order valence-electron chi connectivity index (χ3n) is 4.19. The molecule has 0 saturated carbocycles. The Morgan fingerprint density at radius 1 is 1.22 bits per heavy atom. The minimum atomic E-state index is -1.10. The molecule has 180 valence electrons. The van der Waals surface area contributed by atoms with Crippen LogP contribution in [-0.4, -0.2) is 60.4 Å². The van der Waals surface area contributed by atoms with E-state index in [1.165, 1.54) is 19.4 Å². The van der Waals surface area contributed by atoms with Crippen LogP contribution in [0.2, 0.25) is 0 Å². The molecule has 0 radical (unpaired) electrons. The molecule has 0 aromatic carbocycles. The number of hydrogen-bond donors (Lipinski definition) is 3. The number of hydrogen-bond acceptors (Lipinski definition) is 9. The molecular formula is C21H34N4O7. The maximum atomic E-state index is 12.6. The molecular weight excluding hydrogens is 420 g/mol. The van der Waals surface area contributed by atoms with Gasteiger partial charge in [0, 0.05) is 19.7 Å². The van der Waals surface area contributed by atoms with Gasteiger partial charge in [-0.15, -0.1) is 0 Å². The zero-order valence-electron chi connectivity index (χ0n) is 19.6. The summed E-state index contributed by atoms with van der Waals surface area (Å²) in [6.45, 7) is 12.3. The fraction of sp³-hybridized carbons (Fsp3) is 0.619. The Bertz CT molecular complexity index is 770. The van der Waals surface area contributed by atoms with Gasteiger partial charge in [-0.25, -0.2) is 4.79 Å². The van der Waals surface area contributed by atoms with Gasteiger partial charge >= 0.3 is 6.09 Å². The summed E-state index contributed by atoms with van der Waals surface area (Å²) in [6, 6.07) is 0.667. The normalized spacial score (nSPS) is 12.4. The quantitative estimate of drug-likeness (QED) is 0.381. The first kappa shape index (κ1) is 27.0. The molecule has 1 aromatic heterocycles. The summed E-state index contributed by atoms with van der Waals surface area (Å²) < 4.78 is 20.3. The van der Waals surface area contributed by atoms with E-state index in [0.29, 0.717) is 19.4 Å². The number of methoxy groups -OCH3 is 1. The number of Topliss-reactive ketones (excluding diaryl/α,β-unsaturated/α-hetero) is 1. The molecule has 0 aliphatic carbocycles. The van der Waals surface area contributed by atoms with Crippen molar-refractivity contribution >= 4 is 17.8 Å². The van der Waals surface area contributed by atoms with Crippen molar-refractivity contribution in [1.82, 2.24) is 21.1 Å². The minimum absolute atomic E-state index is 0.173. The predicted molar refractivity (Wildman–Crippen MR) is 116 cm³/mol. The van der Waals surface area contributed by atoms with Gasteiger partial charge in [-0.1, -0.05) is 6.58 Å². The second-order valence-corrected chi connectivity index (χ2v) is 8.51. The Kier molecular flexibility index (Phi) is 10.2. The second kappa shape index (κ2) is 12.1. The average molecular weight is 455 g/mol. The molecule has 0 spiro atoms. The third kappa shape index (κ3) is 10.3. The molecule has 0 aliphatic heterocycles. The summed E-state index contributed by atoms with van der Waals surface area (Å²) >= 11 is 0. The van der Waals surface area contributed by atoms with Gasteiger partial charge in [0.15, 0.2) is 12.4 Å². The van der Waals surface area contributed by atoms with Crippen LogP contribution in [0.4, 0.5) is 4.79 Å². The summed E-state index contributed by atoms with van der Waals surface area (Å²) in [5, 5.41) is 11.7. The molecule has 0 saturated heterocycles. The van der Waals surface area contributed by atoms with Crippen LogP contribution < -0.4 is 20.7 Å². The van der Waals surface area contributed by atoms with Gasteiger partial charge in [-0.3, -0.25) is 14.9 Å². The predicted octanol–water partition coefficient (Wildman–Crippen LogP) is 1.90. The number of aromatic nitrogens is 1. The number of rotatable bonds is 13. The largest absolute Gasteiger partial charge is 0.467 e. The second-order valence-electron chi connectivity index (χ2n) is 8.51. The van der Waals surface area contributed by atoms with E-state index in [4.69, 9.17) is 14.2 Å². The molecule has 0 unspecified atom stereocenters. The molecule has 3 N–H and O–H groups in total. The number of carbonyl (C=O) groups excluding carboxylic acids is 3. The Morgan fingerprint density at radius 3 is 2.47 bits per heavy atom. The highest BCUT2D eigenvalue weighted by molar-refractivity contribution is 5.92. The Morgan fingerprint density at radius 2 is 1.91 bits per heavy atom. The molecule has 0 fully saturated rings. The van der Waals surface area contributed by atoms with E-state index in [1.807, 2.05) is 0 Å². The maximum Gasteiger partial charge on any atom is 0.413 e. The molecule has 1 atom stereocenters.